The fourth-order valence-electron chi connectivity index (χ4n) is 2.21. The van der Waals surface area contributed by atoms with Crippen LogP contribution in [-0.2, 0) is 12.8 Å². The van der Waals surface area contributed by atoms with Crippen molar-refractivity contribution >= 4 is 11.5 Å². The summed E-state index contributed by atoms with van der Waals surface area (Å²) in [5.41, 5.74) is 2.71. The van der Waals surface area contributed by atoms with E-state index in [2.05, 4.69) is 5.10 Å². The van der Waals surface area contributed by atoms with E-state index in [1.807, 2.05) is 19.9 Å². The molecule has 0 fully saturated rings. The van der Waals surface area contributed by atoms with Crippen LogP contribution in [0.3, 0.4) is 0 Å². The Hall–Kier alpha value is -2.50. The number of aryl methyl sites for hydroxylation is 2. The molecule has 6 nitrogen and oxygen atoms in total. The van der Waals surface area contributed by atoms with Crippen LogP contribution in [0, 0.1) is 10.1 Å². The largest absolute Gasteiger partial charge is 0.294 e. The van der Waals surface area contributed by atoms with Gasteiger partial charge in [0.15, 0.2) is 5.78 Å². The molecule has 2 rings (SSSR count). The highest BCUT2D eigenvalue weighted by Gasteiger charge is 2.17. The third-order valence-corrected chi connectivity index (χ3v) is 3.36. The van der Waals surface area contributed by atoms with Crippen LogP contribution >= 0.6 is 0 Å². The van der Waals surface area contributed by atoms with Crippen molar-refractivity contribution in [2.75, 3.05) is 0 Å². The van der Waals surface area contributed by atoms with Crippen molar-refractivity contribution in [3.8, 4) is 5.69 Å². The van der Waals surface area contributed by atoms with Crippen LogP contribution in [0.2, 0.25) is 0 Å². The quantitative estimate of drug-likeness (QED) is 0.481. The summed E-state index contributed by atoms with van der Waals surface area (Å²) in [6.45, 7) is 5.41. The minimum atomic E-state index is -0.502. The summed E-state index contributed by atoms with van der Waals surface area (Å²) in [6, 6.07) is 6.28. The summed E-state index contributed by atoms with van der Waals surface area (Å²) in [6.07, 6.45) is 1.56. The highest BCUT2D eigenvalue weighted by molar-refractivity contribution is 5.98. The Labute approximate surface area is 122 Å². The monoisotopic (exact) mass is 287 g/mol. The number of benzene rings is 1. The van der Waals surface area contributed by atoms with Crippen molar-refractivity contribution in [2.45, 2.75) is 33.6 Å². The van der Waals surface area contributed by atoms with E-state index in [1.165, 1.54) is 19.1 Å². The van der Waals surface area contributed by atoms with Crippen molar-refractivity contribution in [2.24, 2.45) is 0 Å². The van der Waals surface area contributed by atoms with Gasteiger partial charge in [0.25, 0.3) is 5.69 Å². The molecule has 0 amide bonds. The van der Waals surface area contributed by atoms with E-state index < -0.39 is 4.92 Å². The molecule has 110 valence electrons. The van der Waals surface area contributed by atoms with Gasteiger partial charge in [-0.15, -0.1) is 0 Å². The van der Waals surface area contributed by atoms with Gasteiger partial charge >= 0.3 is 0 Å². The van der Waals surface area contributed by atoms with Gasteiger partial charge in [-0.25, -0.2) is 4.68 Å². The Morgan fingerprint density at radius 3 is 2.52 bits per heavy atom. The van der Waals surface area contributed by atoms with Gasteiger partial charge in [-0.3, -0.25) is 14.9 Å². The first-order valence-corrected chi connectivity index (χ1v) is 6.85. The van der Waals surface area contributed by atoms with Crippen LogP contribution in [0.15, 0.2) is 24.3 Å². The number of hydrogen-bond acceptors (Lipinski definition) is 4. The summed E-state index contributed by atoms with van der Waals surface area (Å²) in [4.78, 5) is 22.2. The maximum absolute atomic E-state index is 11.8. The second kappa shape index (κ2) is 5.87. The van der Waals surface area contributed by atoms with E-state index in [1.54, 1.807) is 10.7 Å². The van der Waals surface area contributed by atoms with Crippen LogP contribution in [0.4, 0.5) is 5.69 Å². The van der Waals surface area contributed by atoms with Gasteiger partial charge in [0.1, 0.15) is 0 Å². The molecule has 0 radical (unpaired) electrons. The molecule has 0 bridgehead atoms. The number of carbonyl (C=O) groups excluding carboxylic acids is 1. The first-order valence-electron chi connectivity index (χ1n) is 6.85. The van der Waals surface area contributed by atoms with Crippen LogP contribution in [0.25, 0.3) is 5.69 Å². The van der Waals surface area contributed by atoms with Gasteiger partial charge in [-0.05, 0) is 31.9 Å². The lowest BCUT2D eigenvalue weighted by atomic mass is 10.1. The van der Waals surface area contributed by atoms with Gasteiger partial charge in [0.05, 0.1) is 16.3 Å². The van der Waals surface area contributed by atoms with Gasteiger partial charge < -0.3 is 0 Å². The predicted molar refractivity (Wildman–Crippen MR) is 79.0 cm³/mol. The average Bonchev–Trinajstić information content (AvgIpc) is 2.89. The van der Waals surface area contributed by atoms with Crippen molar-refractivity contribution in [3.63, 3.8) is 0 Å². The number of ketones is 1. The highest BCUT2D eigenvalue weighted by Crippen LogP contribution is 2.23. The molecule has 0 aliphatic carbocycles. The molecule has 0 aliphatic rings. The van der Waals surface area contributed by atoms with Crippen LogP contribution in [0.1, 0.15) is 42.5 Å². The molecular formula is C15H17N3O3. The Morgan fingerprint density at radius 1 is 1.29 bits per heavy atom. The standard InChI is InChI=1S/C15H17N3O3/c1-4-11-8-12(5-2)17(16-11)15-7-6-13(18(20)21)9-14(15)10(3)19/h6-9H,4-5H2,1-3H3. The van der Waals surface area contributed by atoms with Gasteiger partial charge in [-0.2, -0.15) is 5.10 Å². The maximum Gasteiger partial charge on any atom is 0.270 e. The lowest BCUT2D eigenvalue weighted by Crippen LogP contribution is -2.08. The molecule has 6 heteroatoms. The molecule has 0 N–H and O–H groups in total. The molecule has 1 heterocycles. The number of Topliss-reactive ketones (excluding diaryl/α,β-unsaturated/α-hetero) is 1. The highest BCUT2D eigenvalue weighted by atomic mass is 16.6. The predicted octanol–water partition coefficient (Wildman–Crippen LogP) is 3.11. The molecule has 0 aliphatic heterocycles. The molecule has 0 saturated carbocycles. The molecule has 0 spiro atoms. The second-order valence-corrected chi connectivity index (χ2v) is 4.76. The number of nitrogens with zero attached hydrogens (tertiary/aromatic N) is 3. The van der Waals surface area contributed by atoms with Gasteiger partial charge in [0.2, 0.25) is 0 Å². The summed E-state index contributed by atoms with van der Waals surface area (Å²) < 4.78 is 1.71. The number of aromatic nitrogens is 2. The Bertz CT molecular complexity index is 704. The van der Waals surface area contributed by atoms with E-state index >= 15 is 0 Å². The molecular weight excluding hydrogens is 270 g/mol. The van der Waals surface area contributed by atoms with Crippen molar-refractivity contribution in [1.82, 2.24) is 9.78 Å². The maximum atomic E-state index is 11.8. The average molecular weight is 287 g/mol. The fraction of sp³-hybridized carbons (Fsp3) is 0.333. The molecule has 2 aromatic rings. The Morgan fingerprint density at radius 2 is 2.00 bits per heavy atom. The van der Waals surface area contributed by atoms with E-state index in [0.29, 0.717) is 11.3 Å². The SMILES string of the molecule is CCc1cc(CC)n(-c2ccc([N+](=O)[O-])cc2C(C)=O)n1. The third-order valence-electron chi connectivity index (χ3n) is 3.36. The molecule has 0 saturated heterocycles. The number of rotatable bonds is 5. The lowest BCUT2D eigenvalue weighted by molar-refractivity contribution is -0.384. The molecule has 0 atom stereocenters. The molecule has 21 heavy (non-hydrogen) atoms. The molecule has 1 aromatic carbocycles. The van der Waals surface area contributed by atoms with Crippen molar-refractivity contribution in [1.29, 1.82) is 0 Å². The molecule has 0 unspecified atom stereocenters. The summed E-state index contributed by atoms with van der Waals surface area (Å²) in [7, 11) is 0. The molecule has 1 aromatic heterocycles. The van der Waals surface area contributed by atoms with Crippen LogP contribution in [0.5, 0.6) is 0 Å². The van der Waals surface area contributed by atoms with E-state index in [9.17, 15) is 14.9 Å². The third kappa shape index (κ3) is 2.84. The summed E-state index contributed by atoms with van der Waals surface area (Å²) in [5, 5.41) is 15.4. The van der Waals surface area contributed by atoms with Gasteiger partial charge in [0, 0.05) is 23.4 Å². The van der Waals surface area contributed by atoms with E-state index in [4.69, 9.17) is 0 Å². The van der Waals surface area contributed by atoms with E-state index in [0.717, 1.165) is 24.2 Å². The number of hydrogen-bond donors (Lipinski definition) is 0. The van der Waals surface area contributed by atoms with E-state index in [-0.39, 0.29) is 11.5 Å². The number of carbonyl (C=O) groups is 1. The van der Waals surface area contributed by atoms with Gasteiger partial charge in [-0.1, -0.05) is 13.8 Å². The second-order valence-electron chi connectivity index (χ2n) is 4.76. The smallest absolute Gasteiger partial charge is 0.270 e. The normalized spacial score (nSPS) is 10.6. The number of non-ortho nitro benzene ring substituents is 1. The van der Waals surface area contributed by atoms with Crippen molar-refractivity contribution in [3.05, 3.63) is 51.3 Å². The number of nitro benzene ring substituents is 1. The first-order chi connectivity index (χ1) is 9.97. The zero-order chi connectivity index (χ0) is 15.6. The lowest BCUT2D eigenvalue weighted by Gasteiger charge is -2.10. The summed E-state index contributed by atoms with van der Waals surface area (Å²) >= 11 is 0. The summed E-state index contributed by atoms with van der Waals surface area (Å²) in [5.74, 6) is -0.218. The van der Waals surface area contributed by atoms with Crippen LogP contribution in [-0.4, -0.2) is 20.5 Å². The Kier molecular flexibility index (Phi) is 4.16. The van der Waals surface area contributed by atoms with Crippen molar-refractivity contribution < 1.29 is 9.72 Å². The van der Waals surface area contributed by atoms with Crippen LogP contribution < -0.4 is 0 Å². The minimum Gasteiger partial charge on any atom is -0.294 e. The number of nitro groups is 1. The Balaban J connectivity index is 2.65. The fourth-order valence-corrected chi connectivity index (χ4v) is 2.21. The zero-order valence-electron chi connectivity index (χ0n) is 12.3. The zero-order valence-corrected chi connectivity index (χ0v) is 12.3. The minimum absolute atomic E-state index is 0.0927. The topological polar surface area (TPSA) is 78.0 Å². The first kappa shape index (κ1) is 14.9.